The number of para-hydroxylation sites is 2. The van der Waals surface area contributed by atoms with Gasteiger partial charge in [0.1, 0.15) is 18.1 Å². The van der Waals surface area contributed by atoms with E-state index in [9.17, 15) is 4.79 Å². The van der Waals surface area contributed by atoms with E-state index in [1.165, 1.54) is 11.8 Å². The van der Waals surface area contributed by atoms with Crippen molar-refractivity contribution < 1.29 is 14.3 Å². The van der Waals surface area contributed by atoms with Gasteiger partial charge in [-0.3, -0.25) is 9.36 Å². The Morgan fingerprint density at radius 1 is 1.21 bits per heavy atom. The summed E-state index contributed by atoms with van der Waals surface area (Å²) in [7, 11) is 0. The SMILES string of the molecule is C=CCn1c(COc2cc(C)c(Cl)c(C)c2)nnc1SCC(=O)Nc1ccccc1OCC. The molecule has 1 amide bonds. The van der Waals surface area contributed by atoms with Gasteiger partial charge in [-0.05, 0) is 56.2 Å². The third-order valence-electron chi connectivity index (χ3n) is 4.68. The van der Waals surface area contributed by atoms with Gasteiger partial charge < -0.3 is 14.8 Å². The molecule has 0 fully saturated rings. The summed E-state index contributed by atoms with van der Waals surface area (Å²) in [5.74, 6) is 2.01. The number of aromatic nitrogens is 3. The van der Waals surface area contributed by atoms with Crippen LogP contribution >= 0.6 is 23.4 Å². The van der Waals surface area contributed by atoms with Crippen molar-refractivity contribution in [2.75, 3.05) is 17.7 Å². The summed E-state index contributed by atoms with van der Waals surface area (Å²) in [6.45, 7) is 10.8. The third-order valence-corrected chi connectivity index (χ3v) is 6.24. The predicted octanol–water partition coefficient (Wildman–Crippen LogP) is 5.44. The Morgan fingerprint density at radius 3 is 2.64 bits per heavy atom. The molecule has 1 N–H and O–H groups in total. The second-order valence-corrected chi connectivity index (χ2v) is 8.54. The number of carbonyl (C=O) groups is 1. The molecule has 9 heteroatoms. The number of nitrogens with one attached hydrogen (secondary N) is 1. The van der Waals surface area contributed by atoms with E-state index in [0.717, 1.165) is 16.1 Å². The van der Waals surface area contributed by atoms with Gasteiger partial charge in [0.2, 0.25) is 5.91 Å². The number of ether oxygens (including phenoxy) is 2. The van der Waals surface area contributed by atoms with Crippen LogP contribution in [0.1, 0.15) is 23.9 Å². The smallest absolute Gasteiger partial charge is 0.234 e. The highest BCUT2D eigenvalue weighted by Gasteiger charge is 2.15. The highest BCUT2D eigenvalue weighted by atomic mass is 35.5. The summed E-state index contributed by atoms with van der Waals surface area (Å²) in [4.78, 5) is 12.5. The van der Waals surface area contributed by atoms with Crippen LogP contribution in [0.3, 0.4) is 0 Å². The first-order valence-corrected chi connectivity index (χ1v) is 11.9. The summed E-state index contributed by atoms with van der Waals surface area (Å²) in [6, 6.07) is 11.1. The maximum atomic E-state index is 12.5. The molecule has 0 radical (unpaired) electrons. The fraction of sp³-hybridized carbons (Fsp3) is 0.292. The van der Waals surface area contributed by atoms with E-state index >= 15 is 0 Å². The molecule has 3 aromatic rings. The van der Waals surface area contributed by atoms with Gasteiger partial charge in [0.25, 0.3) is 0 Å². The molecule has 0 saturated heterocycles. The van der Waals surface area contributed by atoms with E-state index in [1.807, 2.05) is 61.7 Å². The van der Waals surface area contributed by atoms with Crippen molar-refractivity contribution in [3.8, 4) is 11.5 Å². The van der Waals surface area contributed by atoms with Crippen molar-refractivity contribution in [2.45, 2.75) is 39.1 Å². The van der Waals surface area contributed by atoms with Crippen LogP contribution in [-0.4, -0.2) is 33.0 Å². The second-order valence-electron chi connectivity index (χ2n) is 7.22. The van der Waals surface area contributed by atoms with E-state index in [4.69, 9.17) is 21.1 Å². The number of hydrogen-bond donors (Lipinski definition) is 1. The summed E-state index contributed by atoms with van der Waals surface area (Å²) in [6.07, 6.45) is 1.76. The van der Waals surface area contributed by atoms with Crippen molar-refractivity contribution in [1.29, 1.82) is 0 Å². The average Bonchev–Trinajstić information content (AvgIpc) is 3.18. The Morgan fingerprint density at radius 2 is 1.94 bits per heavy atom. The molecule has 3 rings (SSSR count). The summed E-state index contributed by atoms with van der Waals surface area (Å²) in [5, 5.41) is 12.7. The van der Waals surface area contributed by atoms with Gasteiger partial charge >= 0.3 is 0 Å². The quantitative estimate of drug-likeness (QED) is 0.287. The monoisotopic (exact) mass is 486 g/mol. The first-order valence-electron chi connectivity index (χ1n) is 10.5. The molecule has 174 valence electrons. The van der Waals surface area contributed by atoms with E-state index in [0.29, 0.717) is 41.3 Å². The number of thioether (sulfide) groups is 1. The lowest BCUT2D eigenvalue weighted by molar-refractivity contribution is -0.113. The minimum atomic E-state index is -0.162. The predicted molar refractivity (Wildman–Crippen MR) is 132 cm³/mol. The topological polar surface area (TPSA) is 78.3 Å². The molecule has 1 heterocycles. The van der Waals surface area contributed by atoms with Gasteiger partial charge in [0, 0.05) is 11.6 Å². The zero-order chi connectivity index (χ0) is 23.8. The Balaban J connectivity index is 1.64. The number of benzene rings is 2. The zero-order valence-corrected chi connectivity index (χ0v) is 20.5. The van der Waals surface area contributed by atoms with Crippen LogP contribution in [-0.2, 0) is 17.9 Å². The second kappa shape index (κ2) is 11.8. The van der Waals surface area contributed by atoms with Gasteiger partial charge in [-0.1, -0.05) is 41.6 Å². The van der Waals surface area contributed by atoms with Crippen LogP contribution in [0.25, 0.3) is 0 Å². The Hall–Kier alpha value is -2.97. The normalized spacial score (nSPS) is 10.7. The molecule has 0 unspecified atom stereocenters. The molecule has 1 aromatic heterocycles. The van der Waals surface area contributed by atoms with Gasteiger partial charge in [-0.25, -0.2) is 0 Å². The molecule has 0 aliphatic rings. The number of halogens is 1. The van der Waals surface area contributed by atoms with Gasteiger partial charge in [0.15, 0.2) is 11.0 Å². The molecule has 0 aliphatic heterocycles. The highest BCUT2D eigenvalue weighted by molar-refractivity contribution is 7.99. The van der Waals surface area contributed by atoms with Crippen LogP contribution < -0.4 is 14.8 Å². The van der Waals surface area contributed by atoms with Gasteiger partial charge in [-0.2, -0.15) is 0 Å². The molecular formula is C24H27ClN4O3S. The van der Waals surface area contributed by atoms with Crippen LogP contribution in [0, 0.1) is 13.8 Å². The number of amides is 1. The molecule has 0 aliphatic carbocycles. The lowest BCUT2D eigenvalue weighted by Crippen LogP contribution is -2.15. The summed E-state index contributed by atoms with van der Waals surface area (Å²) >= 11 is 7.54. The number of hydrogen-bond acceptors (Lipinski definition) is 6. The number of carbonyl (C=O) groups excluding carboxylic acids is 1. The van der Waals surface area contributed by atoms with Crippen molar-refractivity contribution >= 4 is 35.0 Å². The molecule has 0 bridgehead atoms. The standard InChI is InChI=1S/C24H27ClN4O3S/c1-5-11-29-21(14-32-18-12-16(3)23(25)17(4)13-18)27-28-24(29)33-15-22(30)26-19-9-7-8-10-20(19)31-6-2/h5,7-10,12-13H,1,6,11,14-15H2,2-4H3,(H,26,30). The van der Waals surface area contributed by atoms with Crippen molar-refractivity contribution in [3.05, 3.63) is 71.0 Å². The molecule has 33 heavy (non-hydrogen) atoms. The van der Waals surface area contributed by atoms with Crippen LogP contribution in [0.15, 0.2) is 54.2 Å². The maximum absolute atomic E-state index is 12.5. The van der Waals surface area contributed by atoms with Gasteiger partial charge in [0.05, 0.1) is 18.0 Å². The van der Waals surface area contributed by atoms with Crippen molar-refractivity contribution in [3.63, 3.8) is 0 Å². The van der Waals surface area contributed by atoms with Crippen LogP contribution in [0.4, 0.5) is 5.69 Å². The largest absolute Gasteiger partial charge is 0.492 e. The van der Waals surface area contributed by atoms with Crippen molar-refractivity contribution in [1.82, 2.24) is 14.8 Å². The Bertz CT molecular complexity index is 1110. The lowest BCUT2D eigenvalue weighted by atomic mass is 10.1. The number of allylic oxidation sites excluding steroid dienone is 1. The lowest BCUT2D eigenvalue weighted by Gasteiger charge is -2.12. The first-order chi connectivity index (χ1) is 15.9. The minimum absolute atomic E-state index is 0.162. The minimum Gasteiger partial charge on any atom is -0.492 e. The highest BCUT2D eigenvalue weighted by Crippen LogP contribution is 2.27. The first kappa shape index (κ1) is 24.7. The van der Waals surface area contributed by atoms with E-state index in [-0.39, 0.29) is 18.3 Å². The Labute approximate surface area is 203 Å². The molecule has 7 nitrogen and oxygen atoms in total. The zero-order valence-electron chi connectivity index (χ0n) is 18.9. The number of rotatable bonds is 11. The average molecular weight is 487 g/mol. The van der Waals surface area contributed by atoms with Crippen LogP contribution in [0.5, 0.6) is 11.5 Å². The molecule has 0 atom stereocenters. The molecule has 0 saturated carbocycles. The number of anilines is 1. The number of nitrogens with zero attached hydrogens (tertiary/aromatic N) is 3. The number of aryl methyl sites for hydroxylation is 2. The summed E-state index contributed by atoms with van der Waals surface area (Å²) in [5.41, 5.74) is 2.54. The molecular weight excluding hydrogens is 460 g/mol. The maximum Gasteiger partial charge on any atom is 0.234 e. The van der Waals surface area contributed by atoms with E-state index in [1.54, 1.807) is 6.08 Å². The van der Waals surface area contributed by atoms with Crippen LogP contribution in [0.2, 0.25) is 5.02 Å². The molecule has 2 aromatic carbocycles. The fourth-order valence-electron chi connectivity index (χ4n) is 3.15. The van der Waals surface area contributed by atoms with Crippen molar-refractivity contribution in [2.24, 2.45) is 0 Å². The molecule has 0 spiro atoms. The third kappa shape index (κ3) is 6.52. The van der Waals surface area contributed by atoms with E-state index in [2.05, 4.69) is 22.1 Å². The summed E-state index contributed by atoms with van der Waals surface area (Å²) < 4.78 is 13.4. The fourth-order valence-corrected chi connectivity index (χ4v) is 4.03. The van der Waals surface area contributed by atoms with E-state index < -0.39 is 0 Å². The Kier molecular flexibility index (Phi) is 8.79. The van der Waals surface area contributed by atoms with Gasteiger partial charge in [-0.15, -0.1) is 16.8 Å².